The average molecular weight is 1230 g/mol. The molecule has 0 spiro atoms. The van der Waals surface area contributed by atoms with Crippen LogP contribution < -0.4 is 0 Å². The summed E-state index contributed by atoms with van der Waals surface area (Å²) in [5.41, 5.74) is -33.9. The van der Waals surface area contributed by atoms with E-state index in [0.29, 0.717) is 0 Å². The Hall–Kier alpha value is 0.706. The van der Waals surface area contributed by atoms with E-state index in [9.17, 15) is 79.0 Å². The van der Waals surface area contributed by atoms with Gasteiger partial charge in [0.1, 0.15) is 0 Å². The molecule has 0 aromatic rings. The third-order valence-electron chi connectivity index (χ3n) is 1.70. The predicted molar refractivity (Wildman–Crippen MR) is 94.5 cm³/mol. The molecule has 44 heteroatoms. The fourth-order valence-electron chi connectivity index (χ4n) is 0. The van der Waals surface area contributed by atoms with Gasteiger partial charge in [0.25, 0.3) is 0 Å². The van der Waals surface area contributed by atoms with Gasteiger partial charge in [0.2, 0.25) is 0 Å². The summed E-state index contributed by atoms with van der Waals surface area (Å²) in [4.78, 5) is 0. The van der Waals surface area contributed by atoms with Crippen LogP contribution in [-0.4, -0.2) is 111 Å². The van der Waals surface area contributed by atoms with Crippen molar-refractivity contribution in [1.29, 1.82) is 0 Å². The van der Waals surface area contributed by atoms with Gasteiger partial charge in [0.05, 0.1) is 0 Å². The van der Waals surface area contributed by atoms with E-state index in [-0.39, 0.29) is 75.0 Å². The van der Waals surface area contributed by atoms with Gasteiger partial charge in [-0.1, -0.05) is 0 Å². The van der Waals surface area contributed by atoms with Crippen molar-refractivity contribution in [3.8, 4) is 0 Å². The molecule has 0 aliphatic rings. The zero-order valence-corrected chi connectivity index (χ0v) is 28.9. The Kier molecular flexibility index (Phi) is 30.6. The first kappa shape index (κ1) is 68.7. The molecule has 0 saturated heterocycles. The zero-order chi connectivity index (χ0) is 42.0. The van der Waals surface area contributed by atoms with Crippen molar-refractivity contribution < 1.29 is 232 Å². The van der Waals surface area contributed by atoms with E-state index < -0.39 is 93.8 Å². The maximum Gasteiger partial charge on any atom is 3.00 e. The van der Waals surface area contributed by atoms with Crippen molar-refractivity contribution in [2.24, 2.45) is 0 Å². The Labute approximate surface area is 322 Å². The molecule has 0 fully saturated rings. The third-order valence-corrected chi connectivity index (χ3v) is 5.10. The van der Waals surface area contributed by atoms with Crippen molar-refractivity contribution in [2.75, 3.05) is 0 Å². The van der Waals surface area contributed by atoms with E-state index in [4.69, 9.17) is 77.8 Å². The quantitative estimate of drug-likeness (QED) is 0.136. The van der Waals surface area contributed by atoms with Crippen LogP contribution in [0.4, 0.5) is 79.0 Å². The van der Waals surface area contributed by atoms with Crippen molar-refractivity contribution in [3.63, 3.8) is 0 Å². The topological polar surface area (TPSA) is 343 Å². The third kappa shape index (κ3) is 37.0. The number of alkyl halides is 18. The first-order valence-electron chi connectivity index (χ1n) is 7.63. The summed E-state index contributed by atoms with van der Waals surface area (Å²) in [6, 6.07) is 0. The minimum absolute atomic E-state index is 0. The molecule has 0 aliphatic heterocycles. The van der Waals surface area contributed by atoms with Crippen LogP contribution in [0.5, 0.6) is 0 Å². The van der Waals surface area contributed by atoms with Crippen LogP contribution in [0, 0.1) is 75.0 Å². The van der Waals surface area contributed by atoms with Crippen molar-refractivity contribution >= 4 is 60.7 Å². The van der Waals surface area contributed by atoms with E-state index in [2.05, 4.69) is 0 Å². The van der Waals surface area contributed by atoms with Crippen LogP contribution in [0.25, 0.3) is 0 Å². The SMILES string of the molecule is O=S(=O)([O-])C(F)(F)F.O=S(=O)([O-])C(F)(F)F.O=S(=O)([O-])C(F)(F)F.O=S(=O)([O-])C(F)(F)F.O=S(=O)([O-])C(F)(F)F.O=S(=O)([O-])C(F)(F)F.[Er+3].[Ho+3]. The smallest absolute Gasteiger partial charge is 0.741 e. The summed E-state index contributed by atoms with van der Waals surface area (Å²) in [7, 11) is -36.5. The van der Waals surface area contributed by atoms with Gasteiger partial charge in [-0.2, -0.15) is 79.0 Å². The van der Waals surface area contributed by atoms with Crippen LogP contribution in [-0.2, 0) is 60.7 Å². The van der Waals surface area contributed by atoms with Crippen LogP contribution in [0.2, 0.25) is 0 Å². The molecular formula is C6ErF18HoO18S6. The second-order valence-corrected chi connectivity index (χ2v) is 13.6. The molecule has 0 atom stereocenters. The summed E-state index contributed by atoms with van der Waals surface area (Å²) >= 11 is 0. The largest absolute Gasteiger partial charge is 3.00 e. The number of rotatable bonds is 0. The number of halogens is 18. The van der Waals surface area contributed by atoms with Gasteiger partial charge >= 0.3 is 108 Å². The first-order valence-corrected chi connectivity index (χ1v) is 16.1. The molecule has 0 N–H and O–H groups in total. The minimum atomic E-state index is -6.09. The maximum absolute atomic E-state index is 10.7. The minimum Gasteiger partial charge on any atom is -0.741 e. The van der Waals surface area contributed by atoms with E-state index in [1.165, 1.54) is 0 Å². The molecule has 50 heavy (non-hydrogen) atoms. The van der Waals surface area contributed by atoms with Gasteiger partial charge in [0, 0.05) is 0 Å². The van der Waals surface area contributed by atoms with E-state index in [0.717, 1.165) is 0 Å². The standard InChI is InChI=1S/6CHF3O3S.Er.Ho/c6*2-1(3,4)8(5,6)7;;/h6*(H,5,6,7);;/q;;;;;;2*+3/p-6. The Morgan fingerprint density at radius 2 is 0.260 bits per heavy atom. The summed E-state index contributed by atoms with van der Waals surface area (Å²) in [5.74, 6) is 0. The molecule has 18 nitrogen and oxygen atoms in total. The van der Waals surface area contributed by atoms with Crippen molar-refractivity contribution in [1.82, 2.24) is 0 Å². The zero-order valence-electron chi connectivity index (χ0n) is 20.2. The van der Waals surface area contributed by atoms with Gasteiger partial charge in [0.15, 0.2) is 60.7 Å². The Balaban J connectivity index is -0.0000000700. The van der Waals surface area contributed by atoms with Crippen LogP contribution >= 0.6 is 0 Å². The monoisotopic (exact) mass is 1220 g/mol. The predicted octanol–water partition coefficient (Wildman–Crippen LogP) is 0.308. The van der Waals surface area contributed by atoms with Crippen molar-refractivity contribution in [3.05, 3.63) is 0 Å². The van der Waals surface area contributed by atoms with Gasteiger partial charge < -0.3 is 27.3 Å². The average Bonchev–Trinajstić information content (AvgIpc) is 2.60. The normalized spacial score (nSPS) is 13.4. The van der Waals surface area contributed by atoms with Gasteiger partial charge in [-0.05, 0) is 0 Å². The molecule has 0 rings (SSSR count). The molecule has 0 bridgehead atoms. The molecule has 0 heterocycles. The Morgan fingerprint density at radius 1 is 0.240 bits per heavy atom. The van der Waals surface area contributed by atoms with Crippen LogP contribution in [0.1, 0.15) is 0 Å². The Morgan fingerprint density at radius 3 is 0.260 bits per heavy atom. The molecule has 0 aromatic heterocycles. The van der Waals surface area contributed by atoms with E-state index in [1.54, 1.807) is 0 Å². The summed E-state index contributed by atoms with van der Waals surface area (Å²) in [6.07, 6.45) is 0. The summed E-state index contributed by atoms with van der Waals surface area (Å²) in [5, 5.41) is 0. The van der Waals surface area contributed by atoms with Gasteiger partial charge in [-0.3, -0.25) is 0 Å². The fourth-order valence-corrected chi connectivity index (χ4v) is 0. The summed E-state index contributed by atoms with van der Waals surface area (Å²) in [6.45, 7) is 0. The maximum atomic E-state index is 10.7. The van der Waals surface area contributed by atoms with E-state index >= 15 is 0 Å². The molecule has 1 radical (unpaired) electrons. The van der Waals surface area contributed by atoms with Gasteiger partial charge in [-0.15, -0.1) is 0 Å². The van der Waals surface area contributed by atoms with Crippen LogP contribution in [0.3, 0.4) is 0 Å². The van der Waals surface area contributed by atoms with Crippen molar-refractivity contribution in [2.45, 2.75) is 33.0 Å². The molecule has 317 valence electrons. The van der Waals surface area contributed by atoms with Crippen LogP contribution in [0.15, 0.2) is 0 Å². The second-order valence-electron chi connectivity index (χ2n) is 5.40. The summed E-state index contributed by atoms with van der Waals surface area (Å²) < 4.78 is 353. The molecular weight excluding hydrogens is 1230 g/mol. The molecule has 0 aromatic carbocycles. The number of hydrogen-bond donors (Lipinski definition) is 0. The molecule has 0 aliphatic carbocycles. The second kappa shape index (κ2) is 22.3. The molecule has 0 saturated carbocycles. The fraction of sp³-hybridized carbons (Fsp3) is 1.00. The molecule has 0 unspecified atom stereocenters. The van der Waals surface area contributed by atoms with Gasteiger partial charge in [-0.25, -0.2) is 50.5 Å². The first-order chi connectivity index (χ1) is 19.5. The number of hydrogen-bond acceptors (Lipinski definition) is 18. The van der Waals surface area contributed by atoms with E-state index in [1.807, 2.05) is 0 Å². The Bertz CT molecular complexity index is 1320. The molecule has 0 amide bonds.